The molecule has 0 saturated carbocycles. The van der Waals surface area contributed by atoms with Crippen LogP contribution in [0.2, 0.25) is 0 Å². The van der Waals surface area contributed by atoms with Gasteiger partial charge in [0.25, 0.3) is 0 Å². The molecular formula is C26H34. The monoisotopic (exact) mass is 346 g/mol. The Morgan fingerprint density at radius 1 is 0.808 bits per heavy atom. The summed E-state index contributed by atoms with van der Waals surface area (Å²) in [6.45, 7) is 18.4. The van der Waals surface area contributed by atoms with Crippen LogP contribution < -0.4 is 0 Å². The normalized spacial score (nSPS) is 14.4. The van der Waals surface area contributed by atoms with Crippen LogP contribution in [-0.2, 0) is 23.7 Å². The molecule has 2 aromatic carbocycles. The van der Waals surface area contributed by atoms with E-state index in [1.165, 1.54) is 44.5 Å². The third kappa shape index (κ3) is 3.65. The smallest absolute Gasteiger partial charge is 0.00544 e. The molecule has 2 aromatic rings. The molecule has 0 bridgehead atoms. The number of hydrogen-bond acceptors (Lipinski definition) is 0. The minimum Gasteiger partial charge on any atom is -0.0683 e. The van der Waals surface area contributed by atoms with Gasteiger partial charge in [-0.1, -0.05) is 90.4 Å². The number of benzene rings is 2. The summed E-state index contributed by atoms with van der Waals surface area (Å²) in [4.78, 5) is 0. The van der Waals surface area contributed by atoms with Crippen LogP contribution >= 0.6 is 0 Å². The Morgan fingerprint density at radius 2 is 1.38 bits per heavy atom. The van der Waals surface area contributed by atoms with Crippen LogP contribution in [0.1, 0.15) is 83.2 Å². The lowest BCUT2D eigenvalue weighted by atomic mass is 9.78. The SMILES string of the molecule is CCc1cc2c(c(-c3cc(C(C)(C)C)cc(C(C)(C)C)c3)c1)CC(C)=C2. The summed E-state index contributed by atoms with van der Waals surface area (Å²) in [5.74, 6) is 0. The molecule has 0 radical (unpaired) electrons. The molecule has 1 aliphatic carbocycles. The average Bonchev–Trinajstić information content (AvgIpc) is 2.91. The van der Waals surface area contributed by atoms with E-state index in [2.05, 4.69) is 91.8 Å². The van der Waals surface area contributed by atoms with Crippen molar-refractivity contribution in [3.63, 3.8) is 0 Å². The molecule has 0 unspecified atom stereocenters. The number of rotatable bonds is 2. The van der Waals surface area contributed by atoms with E-state index in [1.807, 2.05) is 0 Å². The van der Waals surface area contributed by atoms with Crippen molar-refractivity contribution in [2.45, 2.75) is 79.1 Å². The first-order valence-electron chi connectivity index (χ1n) is 9.98. The Labute approximate surface area is 160 Å². The Hall–Kier alpha value is -1.82. The summed E-state index contributed by atoms with van der Waals surface area (Å²) in [6, 6.07) is 12.1. The van der Waals surface area contributed by atoms with E-state index in [9.17, 15) is 0 Å². The van der Waals surface area contributed by atoms with Crippen LogP contribution in [0.4, 0.5) is 0 Å². The van der Waals surface area contributed by atoms with Crippen molar-refractivity contribution in [1.29, 1.82) is 0 Å². The van der Waals surface area contributed by atoms with Crippen molar-refractivity contribution < 1.29 is 0 Å². The Balaban J connectivity index is 2.27. The molecule has 138 valence electrons. The zero-order valence-electron chi connectivity index (χ0n) is 17.9. The topological polar surface area (TPSA) is 0 Å². The van der Waals surface area contributed by atoms with Gasteiger partial charge in [-0.25, -0.2) is 0 Å². The third-order valence-electron chi connectivity index (χ3n) is 5.59. The second-order valence-corrected chi connectivity index (χ2v) is 10.0. The highest BCUT2D eigenvalue weighted by Crippen LogP contribution is 2.39. The van der Waals surface area contributed by atoms with Crippen molar-refractivity contribution in [3.8, 4) is 11.1 Å². The van der Waals surface area contributed by atoms with Crippen molar-refractivity contribution in [3.05, 3.63) is 63.7 Å². The first kappa shape index (κ1) is 19.0. The van der Waals surface area contributed by atoms with Crippen LogP contribution in [-0.4, -0.2) is 0 Å². The van der Waals surface area contributed by atoms with Gasteiger partial charge in [-0.3, -0.25) is 0 Å². The highest BCUT2D eigenvalue weighted by Gasteiger charge is 2.23. The van der Waals surface area contributed by atoms with Crippen LogP contribution in [0.25, 0.3) is 17.2 Å². The summed E-state index contributed by atoms with van der Waals surface area (Å²) in [5, 5.41) is 0. The van der Waals surface area contributed by atoms with Crippen molar-refractivity contribution in [1.82, 2.24) is 0 Å². The highest BCUT2D eigenvalue weighted by molar-refractivity contribution is 5.79. The average molecular weight is 347 g/mol. The first-order valence-corrected chi connectivity index (χ1v) is 9.98. The molecule has 26 heavy (non-hydrogen) atoms. The van der Waals surface area contributed by atoms with Gasteiger partial charge in [0.15, 0.2) is 0 Å². The van der Waals surface area contributed by atoms with Crippen molar-refractivity contribution >= 4 is 6.08 Å². The predicted octanol–water partition coefficient (Wildman–Crippen LogP) is 7.47. The van der Waals surface area contributed by atoms with Gasteiger partial charge in [0.1, 0.15) is 0 Å². The summed E-state index contributed by atoms with van der Waals surface area (Å²) >= 11 is 0. The van der Waals surface area contributed by atoms with Crippen molar-refractivity contribution in [2.24, 2.45) is 0 Å². The van der Waals surface area contributed by atoms with Crippen LogP contribution in [0.3, 0.4) is 0 Å². The molecule has 0 N–H and O–H groups in total. The second-order valence-electron chi connectivity index (χ2n) is 10.0. The van der Waals surface area contributed by atoms with Gasteiger partial charge < -0.3 is 0 Å². The van der Waals surface area contributed by atoms with Crippen molar-refractivity contribution in [2.75, 3.05) is 0 Å². The molecule has 3 rings (SSSR count). The molecule has 0 nitrogen and oxygen atoms in total. The van der Waals surface area contributed by atoms with Crippen LogP contribution in [0.15, 0.2) is 35.9 Å². The second kappa shape index (κ2) is 6.41. The maximum atomic E-state index is 2.43. The van der Waals surface area contributed by atoms with Crippen LogP contribution in [0.5, 0.6) is 0 Å². The van der Waals surface area contributed by atoms with E-state index >= 15 is 0 Å². The third-order valence-corrected chi connectivity index (χ3v) is 5.59. The standard InChI is InChI=1S/C26H34/c1-9-18-12-19-10-17(2)11-23(19)24(13-18)20-14-21(25(3,4)5)16-22(15-20)26(6,7)8/h10,12-16H,9,11H2,1-8H3. The lowest BCUT2D eigenvalue weighted by Gasteiger charge is -2.27. The summed E-state index contributed by atoms with van der Waals surface area (Å²) in [5.41, 5.74) is 11.8. The zero-order chi connectivity index (χ0) is 19.3. The molecule has 0 aliphatic heterocycles. The molecular weight excluding hydrogens is 312 g/mol. The highest BCUT2D eigenvalue weighted by atomic mass is 14.3. The number of allylic oxidation sites excluding steroid dienone is 1. The van der Waals surface area contributed by atoms with E-state index < -0.39 is 0 Å². The van der Waals surface area contributed by atoms with Gasteiger partial charge in [0, 0.05) is 0 Å². The maximum Gasteiger partial charge on any atom is -0.00544 e. The minimum absolute atomic E-state index is 0.149. The van der Waals surface area contributed by atoms with E-state index in [4.69, 9.17) is 0 Å². The fraction of sp³-hybridized carbons (Fsp3) is 0.462. The number of aryl methyl sites for hydroxylation is 1. The number of hydrogen-bond donors (Lipinski definition) is 0. The minimum atomic E-state index is 0.149. The van der Waals surface area contributed by atoms with E-state index in [0.29, 0.717) is 0 Å². The summed E-state index contributed by atoms with van der Waals surface area (Å²) < 4.78 is 0. The van der Waals surface area contributed by atoms with E-state index in [-0.39, 0.29) is 10.8 Å². The zero-order valence-corrected chi connectivity index (χ0v) is 17.9. The van der Waals surface area contributed by atoms with E-state index in [0.717, 1.165) is 12.8 Å². The molecule has 0 heterocycles. The molecule has 0 spiro atoms. The van der Waals surface area contributed by atoms with Crippen LogP contribution in [0, 0.1) is 0 Å². The fourth-order valence-electron chi connectivity index (χ4n) is 3.79. The lowest BCUT2D eigenvalue weighted by molar-refractivity contribution is 0.569. The van der Waals surface area contributed by atoms with Gasteiger partial charge >= 0.3 is 0 Å². The molecule has 0 heteroatoms. The summed E-state index contributed by atoms with van der Waals surface area (Å²) in [6.07, 6.45) is 4.54. The Morgan fingerprint density at radius 3 is 1.88 bits per heavy atom. The molecule has 0 saturated heterocycles. The molecule has 0 atom stereocenters. The van der Waals surface area contributed by atoms with Gasteiger partial charge in [-0.15, -0.1) is 0 Å². The van der Waals surface area contributed by atoms with Gasteiger partial charge in [0.2, 0.25) is 0 Å². The summed E-state index contributed by atoms with van der Waals surface area (Å²) in [7, 11) is 0. The quantitative estimate of drug-likeness (QED) is 0.529. The lowest BCUT2D eigenvalue weighted by Crippen LogP contribution is -2.16. The van der Waals surface area contributed by atoms with E-state index in [1.54, 1.807) is 0 Å². The van der Waals surface area contributed by atoms with Gasteiger partial charge in [-0.05, 0) is 69.5 Å². The largest absolute Gasteiger partial charge is 0.0683 e. The molecule has 0 amide bonds. The Kier molecular flexibility index (Phi) is 4.67. The predicted molar refractivity (Wildman–Crippen MR) is 116 cm³/mol. The Bertz CT molecular complexity index is 832. The molecule has 0 fully saturated rings. The first-order chi connectivity index (χ1) is 12.0. The number of fused-ring (bicyclic) bond motifs is 1. The van der Waals surface area contributed by atoms with Gasteiger partial charge in [0.05, 0.1) is 0 Å². The fourth-order valence-corrected chi connectivity index (χ4v) is 3.79. The van der Waals surface area contributed by atoms with Gasteiger partial charge in [-0.2, -0.15) is 0 Å². The maximum absolute atomic E-state index is 2.43. The molecule has 0 aromatic heterocycles. The molecule has 1 aliphatic rings.